The summed E-state index contributed by atoms with van der Waals surface area (Å²) in [5, 5.41) is 3.08. The zero-order valence-corrected chi connectivity index (χ0v) is 49.2. The van der Waals surface area contributed by atoms with Crippen molar-refractivity contribution in [3.63, 3.8) is 0 Å². The number of hydrogen-bond acceptors (Lipinski definition) is 9. The minimum atomic E-state index is -0.0765. The van der Waals surface area contributed by atoms with Crippen LogP contribution in [-0.4, -0.2) is 86.3 Å². The van der Waals surface area contributed by atoms with E-state index in [4.69, 9.17) is 9.47 Å². The molecule has 0 aliphatic carbocycles. The number of carbonyl (C=O) groups excluding carboxylic acids is 5. The van der Waals surface area contributed by atoms with Gasteiger partial charge in [-0.1, -0.05) is 177 Å². The van der Waals surface area contributed by atoms with Gasteiger partial charge in [0.2, 0.25) is 5.91 Å². The van der Waals surface area contributed by atoms with E-state index in [1.165, 1.54) is 122 Å². The summed E-state index contributed by atoms with van der Waals surface area (Å²) in [5.74, 6) is 0.165. The lowest BCUT2D eigenvalue weighted by Crippen LogP contribution is -2.36. The van der Waals surface area contributed by atoms with E-state index in [1.54, 1.807) is 11.3 Å². The van der Waals surface area contributed by atoms with Crippen molar-refractivity contribution in [2.75, 3.05) is 40.3 Å². The number of carbonyl (C=O) groups is 5. The zero-order valence-electron chi connectivity index (χ0n) is 48.4. The summed E-state index contributed by atoms with van der Waals surface area (Å²) in [6.45, 7) is 18.2. The Hall–Kier alpha value is -2.79. The topological polar surface area (TPSA) is 122 Å². The lowest BCUT2D eigenvalue weighted by molar-refractivity contribution is -0.150. The molecule has 0 bridgehead atoms. The van der Waals surface area contributed by atoms with Gasteiger partial charge >= 0.3 is 11.9 Å². The molecule has 0 spiro atoms. The monoisotopic (exact) mass is 1030 g/mol. The number of amides is 2. The second-order valence-electron chi connectivity index (χ2n) is 20.5. The third kappa shape index (κ3) is 35.4. The van der Waals surface area contributed by atoms with Crippen molar-refractivity contribution < 1.29 is 33.4 Å². The average Bonchev–Trinajstić information content (AvgIpc) is 3.76. The van der Waals surface area contributed by atoms with Crippen LogP contribution in [0.15, 0.2) is 0 Å². The fourth-order valence-electron chi connectivity index (χ4n) is 9.35. The fraction of sp³-hybridized carbons (Fsp3) is 0.852. The third-order valence-corrected chi connectivity index (χ3v) is 15.2. The molecular weight excluding hydrogens is 919 g/mol. The van der Waals surface area contributed by atoms with Crippen LogP contribution in [0.1, 0.15) is 292 Å². The van der Waals surface area contributed by atoms with Gasteiger partial charge in [-0.3, -0.25) is 19.2 Å². The lowest BCUT2D eigenvalue weighted by Gasteiger charge is -2.27. The number of unbranched alkanes of at least 4 members (excludes halogenated alkanes) is 22. The van der Waals surface area contributed by atoms with Crippen molar-refractivity contribution >= 4 is 41.4 Å². The standard InChI is InChI=1S/C38H67N3O4S.C21H40O3.C2H6/c1-6-9-11-13-15-18-22-31(23-19-16-14-12-10-7-2)38(44)45-29-21-17-20-24-35(42)41-27-25-32-34(30-41)46-33(8-3)36(32)37(43)39-26-28-40(4)5;1-3-5-7-9-10-13-17-20(16-12-8-6-4-2)24-21(23)18-14-11-15-19-22;1-2/h31H,6-30H2,1-5H3,(H,39,43);19-20H,3-18H2,1-2H3;1-2H3. The van der Waals surface area contributed by atoms with E-state index in [2.05, 4.69) is 44.8 Å². The van der Waals surface area contributed by atoms with Gasteiger partial charge in [0.1, 0.15) is 12.4 Å². The second-order valence-corrected chi connectivity index (χ2v) is 21.7. The number of thiophene rings is 1. The minimum Gasteiger partial charge on any atom is -0.465 e. The van der Waals surface area contributed by atoms with Gasteiger partial charge in [0.15, 0.2) is 0 Å². The average molecular weight is 1030 g/mol. The van der Waals surface area contributed by atoms with Crippen molar-refractivity contribution in [3.8, 4) is 0 Å². The number of likely N-dealkylation sites (N-methyl/N-ethyl adjacent to an activating group) is 1. The van der Waals surface area contributed by atoms with Gasteiger partial charge in [0, 0.05) is 48.7 Å². The summed E-state index contributed by atoms with van der Waals surface area (Å²) in [4.78, 5) is 67.6. The molecule has 0 aromatic carbocycles. The van der Waals surface area contributed by atoms with Crippen LogP contribution in [0, 0.1) is 5.92 Å². The molecule has 10 nitrogen and oxygen atoms in total. The maximum Gasteiger partial charge on any atom is 0.308 e. The molecule has 2 rings (SSSR count). The van der Waals surface area contributed by atoms with Crippen molar-refractivity contribution in [2.24, 2.45) is 5.92 Å². The van der Waals surface area contributed by atoms with Crippen LogP contribution in [0.2, 0.25) is 0 Å². The Morgan fingerprint density at radius 2 is 1.15 bits per heavy atom. The van der Waals surface area contributed by atoms with E-state index in [9.17, 15) is 24.0 Å². The third-order valence-electron chi connectivity index (χ3n) is 13.8. The summed E-state index contributed by atoms with van der Waals surface area (Å²) < 4.78 is 11.5. The highest BCUT2D eigenvalue weighted by molar-refractivity contribution is 7.12. The summed E-state index contributed by atoms with van der Waals surface area (Å²) in [6.07, 6.45) is 39.6. The molecule has 1 atom stereocenters. The number of aldehydes is 1. The predicted molar refractivity (Wildman–Crippen MR) is 305 cm³/mol. The molecular formula is C61H113N3O7S. The molecule has 0 saturated heterocycles. The highest BCUT2D eigenvalue weighted by Crippen LogP contribution is 2.34. The van der Waals surface area contributed by atoms with Gasteiger partial charge in [-0.25, -0.2) is 0 Å². The number of nitrogens with one attached hydrogen (secondary N) is 1. The smallest absolute Gasteiger partial charge is 0.308 e. The first-order valence-corrected chi connectivity index (χ1v) is 31.0. The van der Waals surface area contributed by atoms with Crippen LogP contribution in [0.3, 0.4) is 0 Å². The second kappa shape index (κ2) is 49.1. The maximum absolute atomic E-state index is 13.1. The zero-order chi connectivity index (χ0) is 53.5. The van der Waals surface area contributed by atoms with E-state index in [1.807, 2.05) is 32.8 Å². The minimum absolute atomic E-state index is 0.00420. The summed E-state index contributed by atoms with van der Waals surface area (Å²) in [6, 6.07) is 0. The number of aryl methyl sites for hydroxylation is 1. The van der Waals surface area contributed by atoms with Crippen molar-refractivity contribution in [3.05, 3.63) is 20.9 Å². The van der Waals surface area contributed by atoms with Crippen LogP contribution >= 0.6 is 11.3 Å². The summed E-state index contributed by atoms with van der Waals surface area (Å²) in [7, 11) is 4.00. The van der Waals surface area contributed by atoms with Gasteiger partial charge in [-0.05, 0) is 103 Å². The molecule has 1 unspecified atom stereocenters. The van der Waals surface area contributed by atoms with Crippen LogP contribution < -0.4 is 5.32 Å². The molecule has 1 N–H and O–H groups in total. The van der Waals surface area contributed by atoms with E-state index >= 15 is 0 Å². The van der Waals surface area contributed by atoms with Crippen molar-refractivity contribution in [1.82, 2.24) is 15.1 Å². The van der Waals surface area contributed by atoms with Gasteiger partial charge in [0.05, 0.1) is 24.6 Å². The molecule has 1 aromatic heterocycles. The lowest BCUT2D eigenvalue weighted by atomic mass is 9.94. The summed E-state index contributed by atoms with van der Waals surface area (Å²) in [5.41, 5.74) is 1.99. The fourth-order valence-corrected chi connectivity index (χ4v) is 10.7. The quantitative estimate of drug-likeness (QED) is 0.0390. The van der Waals surface area contributed by atoms with E-state index in [-0.39, 0.29) is 35.8 Å². The Balaban J connectivity index is 0.00000163. The first-order valence-electron chi connectivity index (χ1n) is 30.2. The van der Waals surface area contributed by atoms with Crippen molar-refractivity contribution in [1.29, 1.82) is 0 Å². The first-order chi connectivity index (χ1) is 35.1. The van der Waals surface area contributed by atoms with Crippen molar-refractivity contribution in [2.45, 2.75) is 292 Å². The molecule has 1 aliphatic heterocycles. The first kappa shape index (κ1) is 69.2. The number of fused-ring (bicyclic) bond motifs is 1. The van der Waals surface area contributed by atoms with Gasteiger partial charge in [0.25, 0.3) is 5.91 Å². The molecule has 0 radical (unpaired) electrons. The number of esters is 2. The number of nitrogens with zero attached hydrogens (tertiary/aromatic N) is 2. The van der Waals surface area contributed by atoms with Crippen LogP contribution in [0.4, 0.5) is 0 Å². The molecule has 72 heavy (non-hydrogen) atoms. The normalized spacial score (nSPS) is 12.4. The molecule has 0 fully saturated rings. The highest BCUT2D eigenvalue weighted by Gasteiger charge is 2.29. The Kier molecular flexibility index (Phi) is 47.2. The van der Waals surface area contributed by atoms with E-state index in [0.717, 1.165) is 124 Å². The maximum atomic E-state index is 13.1. The van der Waals surface area contributed by atoms with Gasteiger partial charge in [-0.2, -0.15) is 0 Å². The number of hydrogen-bond donors (Lipinski definition) is 1. The van der Waals surface area contributed by atoms with Crippen LogP contribution in [0.5, 0.6) is 0 Å². The van der Waals surface area contributed by atoms with Gasteiger partial charge in [-0.15, -0.1) is 11.3 Å². The highest BCUT2D eigenvalue weighted by atomic mass is 32.1. The van der Waals surface area contributed by atoms with Crippen LogP contribution in [-0.2, 0) is 48.0 Å². The molecule has 2 amide bonds. The predicted octanol–water partition coefficient (Wildman–Crippen LogP) is 16.1. The molecule has 11 heteroatoms. The van der Waals surface area contributed by atoms with Gasteiger partial charge < -0.3 is 29.4 Å². The Bertz CT molecular complexity index is 1470. The Morgan fingerprint density at radius 1 is 0.653 bits per heavy atom. The molecule has 1 aromatic rings. The Morgan fingerprint density at radius 3 is 1.68 bits per heavy atom. The molecule has 2 heterocycles. The Labute approximate surface area is 447 Å². The summed E-state index contributed by atoms with van der Waals surface area (Å²) >= 11 is 1.70. The number of ether oxygens (including phenoxy) is 2. The largest absolute Gasteiger partial charge is 0.465 e. The number of rotatable bonds is 44. The van der Waals surface area contributed by atoms with E-state index in [0.29, 0.717) is 45.5 Å². The molecule has 0 saturated carbocycles. The van der Waals surface area contributed by atoms with Crippen LogP contribution in [0.25, 0.3) is 0 Å². The SMILES string of the molecule is CC.CCCCCCCCC(CCCCCC)OC(=O)CCCCC=O.CCCCCCCCC(CCCCCCCC)C(=O)OCCCCCC(=O)N1CCc2c(sc(CC)c2C(=O)NCCN(C)C)C1. The van der Waals surface area contributed by atoms with E-state index < -0.39 is 0 Å². The molecule has 1 aliphatic rings. The molecule has 420 valence electrons.